The number of nitrogens with zero attached hydrogens (tertiary/aromatic N) is 6. The van der Waals surface area contributed by atoms with Crippen molar-refractivity contribution in [2.75, 3.05) is 29.9 Å². The van der Waals surface area contributed by atoms with Gasteiger partial charge in [0.25, 0.3) is 0 Å². The van der Waals surface area contributed by atoms with Crippen molar-refractivity contribution in [3.8, 4) is 0 Å². The molecule has 0 saturated carbocycles. The van der Waals surface area contributed by atoms with E-state index in [0.29, 0.717) is 5.92 Å². The fourth-order valence-electron chi connectivity index (χ4n) is 2.61. The topological polar surface area (TPSA) is 71.2 Å². The highest BCUT2D eigenvalue weighted by molar-refractivity contribution is 7.13. The molecule has 4 rings (SSSR count). The molecule has 4 heterocycles. The molecule has 3 aromatic rings. The van der Waals surface area contributed by atoms with Crippen molar-refractivity contribution in [3.63, 3.8) is 0 Å². The molecule has 22 heavy (non-hydrogen) atoms. The Balaban J connectivity index is 1.36. The van der Waals surface area contributed by atoms with E-state index in [4.69, 9.17) is 0 Å². The maximum absolute atomic E-state index is 4.60. The molecule has 0 radical (unpaired) electrons. The second-order valence-corrected chi connectivity index (χ2v) is 6.51. The van der Waals surface area contributed by atoms with Gasteiger partial charge in [0.2, 0.25) is 0 Å². The molecule has 7 nitrogen and oxygen atoms in total. The van der Waals surface area contributed by atoms with Crippen LogP contribution in [0.4, 0.5) is 10.9 Å². The normalized spacial score (nSPS) is 15.3. The molecule has 0 aromatic carbocycles. The van der Waals surface area contributed by atoms with E-state index in [1.54, 1.807) is 15.9 Å². The van der Waals surface area contributed by atoms with Crippen molar-refractivity contribution in [3.05, 3.63) is 29.0 Å². The molecule has 0 unspecified atom stereocenters. The molecule has 1 N–H and O–H groups in total. The zero-order valence-corrected chi connectivity index (χ0v) is 13.3. The van der Waals surface area contributed by atoms with Crippen LogP contribution in [0.25, 0.3) is 5.65 Å². The standard InChI is InChI=1S/C14H17N7S/c1-9-8-22-14(16-9)15-5-11-6-20(7-11)13-4-3-12-18-17-10(2)21(12)19-13/h3-4,8,11H,5-7H2,1-2H3,(H,15,16). The third-order valence-corrected chi connectivity index (χ3v) is 4.76. The molecule has 3 aromatic heterocycles. The summed E-state index contributed by atoms with van der Waals surface area (Å²) in [6, 6.07) is 3.98. The third-order valence-electron chi connectivity index (χ3n) is 3.85. The van der Waals surface area contributed by atoms with Crippen LogP contribution >= 0.6 is 11.3 Å². The lowest BCUT2D eigenvalue weighted by Gasteiger charge is -2.40. The predicted molar refractivity (Wildman–Crippen MR) is 86.6 cm³/mol. The maximum Gasteiger partial charge on any atom is 0.182 e. The van der Waals surface area contributed by atoms with Crippen LogP contribution in [0.5, 0.6) is 0 Å². The van der Waals surface area contributed by atoms with E-state index < -0.39 is 0 Å². The Kier molecular flexibility index (Phi) is 3.18. The lowest BCUT2D eigenvalue weighted by molar-refractivity contribution is 0.425. The average molecular weight is 315 g/mol. The summed E-state index contributed by atoms with van der Waals surface area (Å²) in [5, 5.41) is 19.2. The fraction of sp³-hybridized carbons (Fsp3) is 0.429. The zero-order valence-electron chi connectivity index (χ0n) is 12.5. The number of anilines is 2. The van der Waals surface area contributed by atoms with Gasteiger partial charge in [-0.25, -0.2) is 4.98 Å². The van der Waals surface area contributed by atoms with Crippen molar-refractivity contribution in [1.29, 1.82) is 0 Å². The van der Waals surface area contributed by atoms with E-state index in [1.165, 1.54) is 0 Å². The smallest absolute Gasteiger partial charge is 0.182 e. The van der Waals surface area contributed by atoms with Gasteiger partial charge < -0.3 is 10.2 Å². The summed E-state index contributed by atoms with van der Waals surface area (Å²) in [6.45, 7) is 6.91. The SMILES string of the molecule is Cc1csc(NCC2CN(c3ccc4nnc(C)n4n3)C2)n1. The highest BCUT2D eigenvalue weighted by Crippen LogP contribution is 2.24. The minimum atomic E-state index is 0.628. The lowest BCUT2D eigenvalue weighted by atomic mass is 10.0. The van der Waals surface area contributed by atoms with E-state index in [9.17, 15) is 0 Å². The van der Waals surface area contributed by atoms with Crippen LogP contribution in [0.1, 0.15) is 11.5 Å². The first-order valence-corrected chi connectivity index (χ1v) is 8.17. The lowest BCUT2D eigenvalue weighted by Crippen LogP contribution is -2.50. The van der Waals surface area contributed by atoms with E-state index in [-0.39, 0.29) is 0 Å². The van der Waals surface area contributed by atoms with Crippen LogP contribution < -0.4 is 10.2 Å². The van der Waals surface area contributed by atoms with Crippen LogP contribution in [0.3, 0.4) is 0 Å². The number of thiazole rings is 1. The second-order valence-electron chi connectivity index (χ2n) is 5.65. The number of hydrogen-bond donors (Lipinski definition) is 1. The number of aryl methyl sites for hydroxylation is 2. The molecule has 0 amide bonds. The van der Waals surface area contributed by atoms with E-state index in [2.05, 4.69) is 35.9 Å². The van der Waals surface area contributed by atoms with E-state index >= 15 is 0 Å². The Morgan fingerprint density at radius 2 is 2.14 bits per heavy atom. The average Bonchev–Trinajstić information content (AvgIpc) is 3.04. The fourth-order valence-corrected chi connectivity index (χ4v) is 3.31. The van der Waals surface area contributed by atoms with Gasteiger partial charge >= 0.3 is 0 Å². The van der Waals surface area contributed by atoms with Gasteiger partial charge in [0.1, 0.15) is 5.82 Å². The highest BCUT2D eigenvalue weighted by atomic mass is 32.1. The Morgan fingerprint density at radius 3 is 2.91 bits per heavy atom. The van der Waals surface area contributed by atoms with Crippen LogP contribution in [-0.2, 0) is 0 Å². The molecule has 1 aliphatic heterocycles. The van der Waals surface area contributed by atoms with Crippen molar-refractivity contribution in [2.45, 2.75) is 13.8 Å². The van der Waals surface area contributed by atoms with Gasteiger partial charge in [-0.15, -0.1) is 26.6 Å². The Morgan fingerprint density at radius 1 is 1.27 bits per heavy atom. The molecule has 114 valence electrons. The van der Waals surface area contributed by atoms with Gasteiger partial charge in [-0.3, -0.25) is 0 Å². The summed E-state index contributed by atoms with van der Waals surface area (Å²) in [5.41, 5.74) is 1.86. The molecule has 1 saturated heterocycles. The third kappa shape index (κ3) is 2.39. The van der Waals surface area contributed by atoms with Crippen molar-refractivity contribution >= 4 is 27.9 Å². The van der Waals surface area contributed by atoms with Crippen molar-refractivity contribution < 1.29 is 0 Å². The monoisotopic (exact) mass is 315 g/mol. The predicted octanol–water partition coefficient (Wildman–Crippen LogP) is 1.75. The van der Waals surface area contributed by atoms with Gasteiger partial charge in [-0.2, -0.15) is 4.52 Å². The Bertz CT molecular complexity index is 802. The number of fused-ring (bicyclic) bond motifs is 1. The summed E-state index contributed by atoms with van der Waals surface area (Å²) >= 11 is 1.66. The molecule has 8 heteroatoms. The maximum atomic E-state index is 4.60. The zero-order chi connectivity index (χ0) is 15.1. The summed E-state index contributed by atoms with van der Waals surface area (Å²) in [6.07, 6.45) is 0. The van der Waals surface area contributed by atoms with Crippen molar-refractivity contribution in [2.24, 2.45) is 5.92 Å². The number of nitrogens with one attached hydrogen (secondary N) is 1. The molecular weight excluding hydrogens is 298 g/mol. The van der Waals surface area contributed by atoms with Gasteiger partial charge in [-0.05, 0) is 26.0 Å². The molecule has 0 aliphatic carbocycles. The molecule has 1 aliphatic rings. The minimum Gasteiger partial charge on any atom is -0.361 e. The van der Waals surface area contributed by atoms with Crippen LogP contribution in [-0.4, -0.2) is 44.4 Å². The largest absolute Gasteiger partial charge is 0.361 e. The van der Waals surface area contributed by atoms with Crippen LogP contribution in [0, 0.1) is 19.8 Å². The van der Waals surface area contributed by atoms with Gasteiger partial charge in [0.15, 0.2) is 16.6 Å². The Labute approximate surface area is 132 Å². The minimum absolute atomic E-state index is 0.628. The number of aromatic nitrogens is 5. The highest BCUT2D eigenvalue weighted by Gasteiger charge is 2.28. The molecular formula is C14H17N7S. The van der Waals surface area contributed by atoms with Gasteiger partial charge in [0.05, 0.1) is 5.69 Å². The number of rotatable bonds is 4. The molecule has 0 bridgehead atoms. The summed E-state index contributed by atoms with van der Waals surface area (Å²) < 4.78 is 1.79. The first-order chi connectivity index (χ1) is 10.7. The van der Waals surface area contributed by atoms with Crippen LogP contribution in [0.15, 0.2) is 17.5 Å². The summed E-state index contributed by atoms with van der Waals surface area (Å²) in [7, 11) is 0. The molecule has 0 spiro atoms. The van der Waals surface area contributed by atoms with Gasteiger partial charge in [-0.1, -0.05) is 0 Å². The Hall–Kier alpha value is -2.22. The second kappa shape index (κ2) is 5.20. The van der Waals surface area contributed by atoms with E-state index in [0.717, 1.165) is 47.7 Å². The first-order valence-electron chi connectivity index (χ1n) is 7.29. The van der Waals surface area contributed by atoms with Gasteiger partial charge in [0, 0.05) is 30.9 Å². The van der Waals surface area contributed by atoms with Crippen LogP contribution in [0.2, 0.25) is 0 Å². The quantitative estimate of drug-likeness (QED) is 0.791. The summed E-state index contributed by atoms with van der Waals surface area (Å²) in [4.78, 5) is 6.70. The molecule has 0 atom stereocenters. The van der Waals surface area contributed by atoms with E-state index in [1.807, 2.05) is 26.0 Å². The number of hydrogen-bond acceptors (Lipinski definition) is 7. The summed E-state index contributed by atoms with van der Waals surface area (Å²) in [5.74, 6) is 2.43. The first kappa shape index (κ1) is 13.4. The molecule has 1 fully saturated rings. The van der Waals surface area contributed by atoms with Crippen molar-refractivity contribution in [1.82, 2.24) is 24.8 Å².